The normalized spacial score (nSPS) is 17.4. The molecule has 0 spiro atoms. The number of methoxy groups -OCH3 is 2. The second kappa shape index (κ2) is 6.61. The maximum absolute atomic E-state index is 10.3. The molecule has 24 heavy (non-hydrogen) atoms. The molecule has 128 valence electrons. The first-order chi connectivity index (χ1) is 11.5. The Morgan fingerprint density at radius 2 is 1.75 bits per heavy atom. The number of phenolic OH excluding ortho intramolecular Hbond substituents is 2. The zero-order valence-corrected chi connectivity index (χ0v) is 14.2. The van der Waals surface area contributed by atoms with E-state index in [0.717, 1.165) is 36.1 Å². The summed E-state index contributed by atoms with van der Waals surface area (Å²) in [5.74, 6) is 1.37. The highest BCUT2D eigenvalue weighted by Crippen LogP contribution is 2.46. The number of ether oxygens (including phenoxy) is 2. The average molecular weight is 329 g/mol. The highest BCUT2D eigenvalue weighted by molar-refractivity contribution is 5.60. The Labute approximate surface area is 142 Å². The van der Waals surface area contributed by atoms with Gasteiger partial charge in [0.25, 0.3) is 0 Å². The standard InChI is InChI=1S/C19H23NO4/c1-20-9-8-14-15(11-17(22)19(24-3)18(14)23-2)16(20)10-12-4-6-13(21)7-5-12/h4-7,11,16,21-22H,8-10H2,1-3H3/t16-/m1/s1. The van der Waals surface area contributed by atoms with E-state index in [1.165, 1.54) is 7.11 Å². The molecule has 5 nitrogen and oxygen atoms in total. The molecule has 0 aromatic heterocycles. The van der Waals surface area contributed by atoms with Gasteiger partial charge in [0.2, 0.25) is 5.75 Å². The van der Waals surface area contributed by atoms with Gasteiger partial charge in [0.15, 0.2) is 11.5 Å². The maximum Gasteiger partial charge on any atom is 0.203 e. The molecular formula is C19H23NO4. The molecule has 0 radical (unpaired) electrons. The Balaban J connectivity index is 2.03. The van der Waals surface area contributed by atoms with E-state index in [0.29, 0.717) is 11.5 Å². The van der Waals surface area contributed by atoms with Gasteiger partial charge < -0.3 is 19.7 Å². The zero-order valence-electron chi connectivity index (χ0n) is 14.2. The Bertz CT molecular complexity index is 727. The molecule has 0 aliphatic carbocycles. The van der Waals surface area contributed by atoms with Crippen LogP contribution in [-0.2, 0) is 12.8 Å². The van der Waals surface area contributed by atoms with Crippen LogP contribution < -0.4 is 9.47 Å². The van der Waals surface area contributed by atoms with E-state index < -0.39 is 0 Å². The Morgan fingerprint density at radius 1 is 1.08 bits per heavy atom. The number of hydrogen-bond acceptors (Lipinski definition) is 5. The predicted octanol–water partition coefficient (Wildman–Crippen LogP) is 2.89. The van der Waals surface area contributed by atoms with Gasteiger partial charge >= 0.3 is 0 Å². The quantitative estimate of drug-likeness (QED) is 0.903. The summed E-state index contributed by atoms with van der Waals surface area (Å²) in [6.07, 6.45) is 1.64. The highest BCUT2D eigenvalue weighted by atomic mass is 16.5. The van der Waals surface area contributed by atoms with Gasteiger partial charge in [-0.3, -0.25) is 4.90 Å². The number of fused-ring (bicyclic) bond motifs is 1. The van der Waals surface area contributed by atoms with Gasteiger partial charge in [-0.15, -0.1) is 0 Å². The monoisotopic (exact) mass is 329 g/mol. The van der Waals surface area contributed by atoms with Gasteiger partial charge in [-0.05, 0) is 49.2 Å². The van der Waals surface area contributed by atoms with Crippen molar-refractivity contribution >= 4 is 0 Å². The third-order valence-corrected chi connectivity index (χ3v) is 4.73. The smallest absolute Gasteiger partial charge is 0.203 e. The number of nitrogens with zero attached hydrogens (tertiary/aromatic N) is 1. The fourth-order valence-corrected chi connectivity index (χ4v) is 3.46. The fraction of sp³-hybridized carbons (Fsp3) is 0.368. The largest absolute Gasteiger partial charge is 0.508 e. The predicted molar refractivity (Wildman–Crippen MR) is 92.1 cm³/mol. The molecule has 0 fully saturated rings. The van der Waals surface area contributed by atoms with E-state index in [1.807, 2.05) is 12.1 Å². The summed E-state index contributed by atoms with van der Waals surface area (Å²) < 4.78 is 10.8. The van der Waals surface area contributed by atoms with Crippen LogP contribution in [0.15, 0.2) is 30.3 Å². The molecular weight excluding hydrogens is 306 g/mol. The van der Waals surface area contributed by atoms with Gasteiger partial charge in [-0.25, -0.2) is 0 Å². The summed E-state index contributed by atoms with van der Waals surface area (Å²) in [6, 6.07) is 9.17. The third kappa shape index (κ3) is 2.87. The lowest BCUT2D eigenvalue weighted by molar-refractivity contribution is 0.224. The number of rotatable bonds is 4. The molecule has 3 rings (SSSR count). The fourth-order valence-electron chi connectivity index (χ4n) is 3.46. The topological polar surface area (TPSA) is 62.2 Å². The molecule has 1 heterocycles. The Hall–Kier alpha value is -2.40. The summed E-state index contributed by atoms with van der Waals surface area (Å²) in [5, 5.41) is 19.8. The van der Waals surface area contributed by atoms with Crippen molar-refractivity contribution in [3.63, 3.8) is 0 Å². The maximum atomic E-state index is 10.3. The van der Waals surface area contributed by atoms with Crippen LogP contribution in [0.2, 0.25) is 0 Å². The number of likely N-dealkylation sites (N-methyl/N-ethyl adjacent to an activating group) is 1. The van der Waals surface area contributed by atoms with E-state index in [4.69, 9.17) is 9.47 Å². The minimum Gasteiger partial charge on any atom is -0.508 e. The molecule has 1 aliphatic heterocycles. The summed E-state index contributed by atoms with van der Waals surface area (Å²) >= 11 is 0. The van der Waals surface area contributed by atoms with E-state index in [-0.39, 0.29) is 17.5 Å². The lowest BCUT2D eigenvalue weighted by Crippen LogP contribution is -2.33. The van der Waals surface area contributed by atoms with Crippen LogP contribution in [0.25, 0.3) is 0 Å². The number of phenols is 2. The van der Waals surface area contributed by atoms with Gasteiger partial charge in [0, 0.05) is 18.2 Å². The van der Waals surface area contributed by atoms with Crippen LogP contribution in [0.3, 0.4) is 0 Å². The molecule has 2 N–H and O–H groups in total. The van der Waals surface area contributed by atoms with Crippen LogP contribution in [0.1, 0.15) is 22.7 Å². The second-order valence-electron chi connectivity index (χ2n) is 6.15. The molecule has 0 bridgehead atoms. The van der Waals surface area contributed by atoms with E-state index >= 15 is 0 Å². The molecule has 1 atom stereocenters. The van der Waals surface area contributed by atoms with E-state index in [9.17, 15) is 10.2 Å². The minimum absolute atomic E-state index is 0.0964. The summed E-state index contributed by atoms with van der Waals surface area (Å²) in [4.78, 5) is 2.28. The summed E-state index contributed by atoms with van der Waals surface area (Å²) in [6.45, 7) is 0.903. The van der Waals surface area contributed by atoms with Crippen LogP contribution in [-0.4, -0.2) is 42.9 Å². The minimum atomic E-state index is 0.0964. The third-order valence-electron chi connectivity index (χ3n) is 4.73. The van der Waals surface area contributed by atoms with Crippen molar-refractivity contribution in [3.8, 4) is 23.0 Å². The first kappa shape index (κ1) is 16.5. The number of aromatic hydroxyl groups is 2. The van der Waals surface area contributed by atoms with Crippen molar-refractivity contribution in [1.29, 1.82) is 0 Å². The van der Waals surface area contributed by atoms with E-state index in [2.05, 4.69) is 11.9 Å². The lowest BCUT2D eigenvalue weighted by Gasteiger charge is -2.36. The molecule has 2 aromatic rings. The van der Waals surface area contributed by atoms with Gasteiger partial charge in [-0.1, -0.05) is 12.1 Å². The molecule has 1 aliphatic rings. The molecule has 2 aromatic carbocycles. The molecule has 0 saturated carbocycles. The van der Waals surface area contributed by atoms with Gasteiger partial charge in [-0.2, -0.15) is 0 Å². The van der Waals surface area contributed by atoms with Crippen molar-refractivity contribution in [3.05, 3.63) is 47.0 Å². The van der Waals surface area contributed by atoms with Crippen molar-refractivity contribution in [1.82, 2.24) is 4.90 Å². The van der Waals surface area contributed by atoms with Crippen molar-refractivity contribution < 1.29 is 19.7 Å². The summed E-state index contributed by atoms with van der Waals surface area (Å²) in [5.41, 5.74) is 3.28. The Morgan fingerprint density at radius 3 is 2.38 bits per heavy atom. The van der Waals surface area contributed by atoms with Crippen LogP contribution >= 0.6 is 0 Å². The molecule has 5 heteroatoms. The SMILES string of the molecule is COc1c(O)cc2c(c1OC)CCN(C)[C@@H]2Cc1ccc(O)cc1. The van der Waals surface area contributed by atoms with E-state index in [1.54, 1.807) is 25.3 Å². The summed E-state index contributed by atoms with van der Waals surface area (Å²) in [7, 11) is 5.22. The first-order valence-corrected chi connectivity index (χ1v) is 8.00. The number of benzene rings is 2. The van der Waals surface area contributed by atoms with Gasteiger partial charge in [0.05, 0.1) is 14.2 Å². The number of hydrogen-bond donors (Lipinski definition) is 2. The lowest BCUT2D eigenvalue weighted by atomic mass is 9.88. The van der Waals surface area contributed by atoms with Crippen molar-refractivity contribution in [2.24, 2.45) is 0 Å². The molecule has 0 amide bonds. The highest BCUT2D eigenvalue weighted by Gasteiger charge is 2.30. The van der Waals surface area contributed by atoms with Crippen LogP contribution in [0.4, 0.5) is 0 Å². The van der Waals surface area contributed by atoms with Crippen molar-refractivity contribution in [2.45, 2.75) is 18.9 Å². The zero-order chi connectivity index (χ0) is 17.3. The van der Waals surface area contributed by atoms with Crippen LogP contribution in [0.5, 0.6) is 23.0 Å². The van der Waals surface area contributed by atoms with Gasteiger partial charge in [0.1, 0.15) is 5.75 Å². The molecule has 0 unspecified atom stereocenters. The average Bonchev–Trinajstić information content (AvgIpc) is 2.58. The van der Waals surface area contributed by atoms with Crippen molar-refractivity contribution in [2.75, 3.05) is 27.8 Å². The first-order valence-electron chi connectivity index (χ1n) is 8.00. The van der Waals surface area contributed by atoms with Crippen LogP contribution in [0, 0.1) is 0 Å². The molecule has 0 saturated heterocycles. The Kier molecular flexibility index (Phi) is 4.53. The second-order valence-corrected chi connectivity index (χ2v) is 6.15.